The van der Waals surface area contributed by atoms with E-state index in [2.05, 4.69) is 10.3 Å². The van der Waals surface area contributed by atoms with Crippen molar-refractivity contribution >= 4 is 11.7 Å². The van der Waals surface area contributed by atoms with Gasteiger partial charge in [-0.15, -0.1) is 0 Å². The van der Waals surface area contributed by atoms with Crippen molar-refractivity contribution in [3.05, 3.63) is 154 Å². The topological polar surface area (TPSA) is 141 Å². The normalized spacial score (nSPS) is 20.1. The molecule has 0 unspecified atom stereocenters. The molecule has 1 aliphatic rings. The number of rotatable bonds is 11. The van der Waals surface area contributed by atoms with E-state index in [0.717, 1.165) is 21.3 Å². The Labute approximate surface area is 277 Å². The lowest BCUT2D eigenvalue weighted by Gasteiger charge is -2.37. The molecule has 3 N–H and O–H groups in total. The Kier molecular flexibility index (Phi) is 9.65. The Morgan fingerprint density at radius 3 is 2.12 bits per heavy atom. The lowest BCUT2D eigenvalue weighted by molar-refractivity contribution is -0.0958. The van der Waals surface area contributed by atoms with Gasteiger partial charge in [0.05, 0.1) is 20.8 Å². The van der Waals surface area contributed by atoms with Crippen molar-refractivity contribution in [3.63, 3.8) is 0 Å². The number of amides is 1. The molecule has 2 heterocycles. The fourth-order valence-electron chi connectivity index (χ4n) is 5.85. The van der Waals surface area contributed by atoms with E-state index in [-0.39, 0.29) is 12.4 Å². The highest BCUT2D eigenvalue weighted by Gasteiger charge is 2.47. The average Bonchev–Trinajstić information content (AvgIpc) is 3.41. The Balaban J connectivity index is 1.30. The number of anilines is 1. The van der Waals surface area contributed by atoms with Gasteiger partial charge in [0.1, 0.15) is 41.2 Å². The van der Waals surface area contributed by atoms with E-state index in [4.69, 9.17) is 18.9 Å². The molecule has 0 saturated carbocycles. The highest BCUT2D eigenvalue weighted by Crippen LogP contribution is 2.43. The van der Waals surface area contributed by atoms with Crippen molar-refractivity contribution in [2.24, 2.45) is 0 Å². The maximum atomic E-state index is 13.1. The van der Waals surface area contributed by atoms with Crippen LogP contribution in [-0.2, 0) is 15.1 Å². The van der Waals surface area contributed by atoms with Crippen LogP contribution >= 0.6 is 0 Å². The van der Waals surface area contributed by atoms with Crippen LogP contribution in [0.3, 0.4) is 0 Å². The van der Waals surface area contributed by atoms with E-state index in [1.165, 1.54) is 12.3 Å². The third kappa shape index (κ3) is 6.44. The van der Waals surface area contributed by atoms with Crippen molar-refractivity contribution < 1.29 is 34.0 Å². The lowest BCUT2D eigenvalue weighted by atomic mass is 9.80. The Hall–Kier alpha value is -5.33. The van der Waals surface area contributed by atoms with E-state index in [0.29, 0.717) is 17.1 Å². The molecule has 1 aromatic heterocycles. The molecule has 1 aliphatic heterocycles. The molecule has 1 amide bonds. The average molecular weight is 650 g/mol. The summed E-state index contributed by atoms with van der Waals surface area (Å²) < 4.78 is 25.0. The predicted molar refractivity (Wildman–Crippen MR) is 177 cm³/mol. The smallest absolute Gasteiger partial charge is 0.351 e. The second-order valence-electron chi connectivity index (χ2n) is 11.2. The molecule has 5 aromatic rings. The third-order valence-corrected chi connectivity index (χ3v) is 8.34. The van der Waals surface area contributed by atoms with Gasteiger partial charge in [-0.3, -0.25) is 9.36 Å². The number of hydrogen-bond donors (Lipinski definition) is 3. The summed E-state index contributed by atoms with van der Waals surface area (Å²) in [4.78, 5) is 29.6. The van der Waals surface area contributed by atoms with Gasteiger partial charge in [-0.1, -0.05) is 72.8 Å². The molecule has 11 heteroatoms. The number of methoxy groups -OCH3 is 2. The van der Waals surface area contributed by atoms with E-state index in [1.807, 2.05) is 78.9 Å². The van der Waals surface area contributed by atoms with Crippen LogP contribution in [-0.4, -0.2) is 64.8 Å². The fourth-order valence-corrected chi connectivity index (χ4v) is 5.85. The van der Waals surface area contributed by atoms with E-state index < -0.39 is 41.7 Å². The number of aromatic nitrogens is 2. The summed E-state index contributed by atoms with van der Waals surface area (Å²) in [6.07, 6.45) is -3.85. The van der Waals surface area contributed by atoms with E-state index in [9.17, 15) is 19.8 Å². The van der Waals surface area contributed by atoms with Crippen LogP contribution in [0.15, 0.2) is 126 Å². The summed E-state index contributed by atoms with van der Waals surface area (Å²) in [7, 11) is 3.18. The van der Waals surface area contributed by atoms with Crippen LogP contribution in [0.25, 0.3) is 0 Å². The molecule has 11 nitrogen and oxygen atoms in total. The number of carbonyl (C=O) groups is 1. The first-order valence-electron chi connectivity index (χ1n) is 15.3. The van der Waals surface area contributed by atoms with Crippen molar-refractivity contribution in [1.29, 1.82) is 0 Å². The maximum Gasteiger partial charge on any atom is 0.351 e. The number of nitrogens with zero attached hydrogens (tertiary/aromatic N) is 2. The summed E-state index contributed by atoms with van der Waals surface area (Å²) in [5, 5.41) is 24.8. The van der Waals surface area contributed by atoms with Gasteiger partial charge in [-0.05, 0) is 59.2 Å². The fraction of sp³-hybridized carbons (Fsp3) is 0.216. The SMILES string of the molecule is COc1ccc([C@@](OC[C@H]2O[C@@H](n3ccc(NC(=O)c4ccccc4)nc3=O)[C@H](O)[C@@H]2O)(c2ccccc2)c2cccc(OC)c2)cc1. The lowest BCUT2D eigenvalue weighted by Crippen LogP contribution is -2.39. The van der Waals surface area contributed by atoms with Gasteiger partial charge in [0.15, 0.2) is 6.23 Å². The summed E-state index contributed by atoms with van der Waals surface area (Å²) in [6, 6.07) is 34.5. The monoisotopic (exact) mass is 649 g/mol. The number of nitrogens with one attached hydrogen (secondary N) is 1. The van der Waals surface area contributed by atoms with Gasteiger partial charge >= 0.3 is 5.69 Å². The zero-order chi connectivity index (χ0) is 33.7. The van der Waals surface area contributed by atoms with Crippen LogP contribution in [0.1, 0.15) is 33.3 Å². The first kappa shape index (κ1) is 32.6. The number of aliphatic hydroxyl groups excluding tert-OH is 2. The molecule has 6 rings (SSSR count). The van der Waals surface area contributed by atoms with Crippen molar-refractivity contribution in [2.75, 3.05) is 26.1 Å². The van der Waals surface area contributed by atoms with Crippen LogP contribution in [0.5, 0.6) is 11.5 Å². The summed E-state index contributed by atoms with van der Waals surface area (Å²) in [5.74, 6) is 0.882. The zero-order valence-corrected chi connectivity index (χ0v) is 26.3. The van der Waals surface area contributed by atoms with E-state index >= 15 is 0 Å². The minimum Gasteiger partial charge on any atom is -0.497 e. The molecule has 0 aliphatic carbocycles. The van der Waals surface area contributed by atoms with Gasteiger partial charge in [-0.2, -0.15) is 4.98 Å². The Morgan fingerprint density at radius 1 is 0.812 bits per heavy atom. The summed E-state index contributed by atoms with van der Waals surface area (Å²) in [5.41, 5.74) is 0.704. The molecule has 1 fully saturated rings. The molecule has 0 radical (unpaired) electrons. The summed E-state index contributed by atoms with van der Waals surface area (Å²) in [6.45, 7) is -0.180. The van der Waals surface area contributed by atoms with Crippen LogP contribution in [0.2, 0.25) is 0 Å². The van der Waals surface area contributed by atoms with Crippen LogP contribution in [0.4, 0.5) is 5.82 Å². The van der Waals surface area contributed by atoms with Crippen LogP contribution < -0.4 is 20.5 Å². The standard InChI is InChI=1S/C37H35N3O8/c1-45-28-18-16-26(17-19-28)37(25-12-7-4-8-13-25,27-14-9-15-29(22-27)46-2)47-23-30-32(41)33(42)35(48-30)40-21-20-31(39-36(40)44)38-34(43)24-10-5-3-6-11-24/h3-22,30,32-33,35,41-42H,23H2,1-2H3,(H,38,39,43,44)/t30-,32-,33-,35-,37+/m1/s1. The molecule has 48 heavy (non-hydrogen) atoms. The number of ether oxygens (including phenoxy) is 4. The second kappa shape index (κ2) is 14.2. The molecular weight excluding hydrogens is 614 g/mol. The second-order valence-corrected chi connectivity index (χ2v) is 11.2. The molecule has 0 spiro atoms. The van der Waals surface area contributed by atoms with Gasteiger partial charge in [0.2, 0.25) is 0 Å². The minimum atomic E-state index is -1.48. The molecule has 1 saturated heterocycles. The Morgan fingerprint density at radius 2 is 1.46 bits per heavy atom. The quantitative estimate of drug-likeness (QED) is 0.180. The maximum absolute atomic E-state index is 13.1. The predicted octanol–water partition coefficient (Wildman–Crippen LogP) is 4.14. The first-order valence-corrected chi connectivity index (χ1v) is 15.3. The van der Waals surface area contributed by atoms with Crippen molar-refractivity contribution in [2.45, 2.75) is 30.1 Å². The minimum absolute atomic E-state index is 0.0310. The molecular formula is C37H35N3O8. The number of benzene rings is 4. The van der Waals surface area contributed by atoms with Gasteiger partial charge < -0.3 is 34.5 Å². The molecule has 5 atom stereocenters. The highest BCUT2D eigenvalue weighted by atomic mass is 16.6. The van der Waals surface area contributed by atoms with Gasteiger partial charge in [-0.25, -0.2) is 4.79 Å². The number of carbonyl (C=O) groups excluding carboxylic acids is 1. The molecule has 246 valence electrons. The third-order valence-electron chi connectivity index (χ3n) is 8.34. The zero-order valence-electron chi connectivity index (χ0n) is 26.3. The van der Waals surface area contributed by atoms with Gasteiger partial charge in [0, 0.05) is 11.8 Å². The largest absolute Gasteiger partial charge is 0.497 e. The summed E-state index contributed by atoms with van der Waals surface area (Å²) >= 11 is 0. The van der Waals surface area contributed by atoms with Crippen LogP contribution in [0, 0.1) is 0 Å². The number of aliphatic hydroxyl groups is 2. The Bertz CT molecular complexity index is 1900. The first-order chi connectivity index (χ1) is 23.3. The van der Waals surface area contributed by atoms with Gasteiger partial charge in [0.25, 0.3) is 5.91 Å². The van der Waals surface area contributed by atoms with Crippen molar-refractivity contribution in [1.82, 2.24) is 9.55 Å². The molecule has 4 aromatic carbocycles. The molecule has 0 bridgehead atoms. The number of hydrogen-bond acceptors (Lipinski definition) is 9. The van der Waals surface area contributed by atoms with E-state index in [1.54, 1.807) is 44.6 Å². The highest BCUT2D eigenvalue weighted by molar-refractivity contribution is 6.03. The van der Waals surface area contributed by atoms with Crippen molar-refractivity contribution in [3.8, 4) is 11.5 Å².